The molecule has 0 atom stereocenters. The Kier molecular flexibility index (Phi) is 3.72. The Bertz CT molecular complexity index is 953. The number of carbonyl (C=O) groups excluding carboxylic acids is 1. The first-order valence-corrected chi connectivity index (χ1v) is 8.29. The predicted molar refractivity (Wildman–Crippen MR) is 97.8 cm³/mol. The number of rotatable bonds is 3. The fourth-order valence-corrected chi connectivity index (χ4v) is 2.92. The van der Waals surface area contributed by atoms with E-state index in [0.29, 0.717) is 22.8 Å². The van der Waals surface area contributed by atoms with Crippen molar-refractivity contribution in [3.63, 3.8) is 0 Å². The van der Waals surface area contributed by atoms with Crippen LogP contribution in [0.5, 0.6) is 23.0 Å². The maximum Gasteiger partial charge on any atom is 0.231 e. The molecule has 2 heterocycles. The lowest BCUT2D eigenvalue weighted by Gasteiger charge is -2.28. The van der Waals surface area contributed by atoms with Gasteiger partial charge < -0.3 is 19.3 Å². The first-order valence-electron chi connectivity index (χ1n) is 8.29. The van der Waals surface area contributed by atoms with E-state index >= 15 is 0 Å². The zero-order valence-corrected chi connectivity index (χ0v) is 14.5. The first-order chi connectivity index (χ1) is 12.4. The van der Waals surface area contributed by atoms with Crippen LogP contribution in [0.4, 0.5) is 0 Å². The van der Waals surface area contributed by atoms with Gasteiger partial charge in [0, 0.05) is 0 Å². The summed E-state index contributed by atoms with van der Waals surface area (Å²) < 4.78 is 16.4. The van der Waals surface area contributed by atoms with Crippen molar-refractivity contribution in [3.8, 4) is 23.0 Å². The summed E-state index contributed by atoms with van der Waals surface area (Å²) in [5, 5.41) is 10.5. The van der Waals surface area contributed by atoms with Crippen molar-refractivity contribution in [2.24, 2.45) is 0 Å². The van der Waals surface area contributed by atoms with Crippen LogP contribution in [-0.4, -0.2) is 23.3 Å². The number of hydrogen-bond donors (Lipinski definition) is 1. The van der Waals surface area contributed by atoms with Gasteiger partial charge in [-0.1, -0.05) is 12.1 Å². The topological polar surface area (TPSA) is 65.0 Å². The summed E-state index contributed by atoms with van der Waals surface area (Å²) in [6.07, 6.45) is 6.74. The van der Waals surface area contributed by atoms with Crippen LogP contribution in [-0.2, 0) is 0 Å². The van der Waals surface area contributed by atoms with E-state index in [-0.39, 0.29) is 23.9 Å². The Balaban J connectivity index is 1.59. The molecule has 0 fully saturated rings. The zero-order valence-electron chi connectivity index (χ0n) is 14.5. The van der Waals surface area contributed by atoms with E-state index in [2.05, 4.69) is 0 Å². The van der Waals surface area contributed by atoms with Crippen LogP contribution in [0, 0.1) is 0 Å². The molecule has 0 unspecified atom stereocenters. The molecule has 0 saturated heterocycles. The van der Waals surface area contributed by atoms with Crippen LogP contribution in [0.3, 0.4) is 0 Å². The normalized spacial score (nSPS) is 16.4. The number of benzene rings is 2. The third kappa shape index (κ3) is 2.92. The second kappa shape index (κ2) is 5.95. The Labute approximate surface area is 151 Å². The summed E-state index contributed by atoms with van der Waals surface area (Å²) in [5.41, 5.74) is 1.12. The average molecular weight is 350 g/mol. The molecule has 2 aliphatic heterocycles. The molecule has 0 amide bonds. The van der Waals surface area contributed by atoms with E-state index < -0.39 is 5.60 Å². The molecule has 26 heavy (non-hydrogen) atoms. The van der Waals surface area contributed by atoms with Crippen LogP contribution in [0.2, 0.25) is 0 Å². The highest BCUT2D eigenvalue weighted by atomic mass is 16.7. The van der Waals surface area contributed by atoms with Crippen LogP contribution in [0.25, 0.3) is 12.2 Å². The highest BCUT2D eigenvalue weighted by molar-refractivity contribution is 6.09. The quantitative estimate of drug-likeness (QED) is 0.664. The number of ether oxygens (including phenoxy) is 3. The van der Waals surface area contributed by atoms with Gasteiger partial charge in [0.15, 0.2) is 17.3 Å². The molecule has 0 aromatic heterocycles. The Morgan fingerprint density at radius 1 is 1.12 bits per heavy atom. The van der Waals surface area contributed by atoms with Crippen molar-refractivity contribution >= 4 is 17.9 Å². The molecule has 132 valence electrons. The molecular formula is C21H18O5. The highest BCUT2D eigenvalue weighted by Gasteiger charge is 2.25. The summed E-state index contributed by atoms with van der Waals surface area (Å²) in [5.74, 6) is 1.54. The fraction of sp³-hybridized carbons (Fsp3) is 0.190. The second-order valence-corrected chi connectivity index (χ2v) is 6.72. The third-order valence-corrected chi connectivity index (χ3v) is 4.29. The lowest BCUT2D eigenvalue weighted by atomic mass is 9.98. The van der Waals surface area contributed by atoms with Crippen molar-refractivity contribution in [2.45, 2.75) is 19.4 Å². The fourth-order valence-electron chi connectivity index (χ4n) is 2.92. The van der Waals surface area contributed by atoms with Crippen molar-refractivity contribution in [3.05, 3.63) is 59.2 Å². The number of fused-ring (bicyclic) bond motifs is 2. The largest absolute Gasteiger partial charge is 0.506 e. The van der Waals surface area contributed by atoms with Crippen LogP contribution in [0.15, 0.2) is 42.5 Å². The Morgan fingerprint density at radius 2 is 1.88 bits per heavy atom. The molecule has 5 heteroatoms. The maximum absolute atomic E-state index is 12.5. The van der Waals surface area contributed by atoms with Crippen molar-refractivity contribution in [1.82, 2.24) is 0 Å². The van der Waals surface area contributed by atoms with Crippen molar-refractivity contribution in [2.75, 3.05) is 6.79 Å². The van der Waals surface area contributed by atoms with Gasteiger partial charge in [-0.25, -0.2) is 0 Å². The molecule has 0 spiro atoms. The maximum atomic E-state index is 12.5. The number of hydrogen-bond acceptors (Lipinski definition) is 5. The van der Waals surface area contributed by atoms with E-state index in [1.54, 1.807) is 36.4 Å². The van der Waals surface area contributed by atoms with Gasteiger partial charge >= 0.3 is 0 Å². The van der Waals surface area contributed by atoms with Gasteiger partial charge in [0.2, 0.25) is 6.79 Å². The molecule has 0 saturated carbocycles. The van der Waals surface area contributed by atoms with Crippen molar-refractivity contribution in [1.29, 1.82) is 0 Å². The van der Waals surface area contributed by atoms with E-state index in [9.17, 15) is 9.90 Å². The van der Waals surface area contributed by atoms with Gasteiger partial charge in [-0.15, -0.1) is 0 Å². The molecule has 2 aromatic carbocycles. The first kappa shape index (κ1) is 16.3. The second-order valence-electron chi connectivity index (χ2n) is 6.72. The number of ketones is 1. The molecule has 5 nitrogen and oxygen atoms in total. The smallest absolute Gasteiger partial charge is 0.231 e. The Morgan fingerprint density at radius 3 is 2.73 bits per heavy atom. The predicted octanol–water partition coefficient (Wildman–Crippen LogP) is 4.20. The number of allylic oxidation sites excluding steroid dienone is 1. The molecule has 2 aromatic rings. The van der Waals surface area contributed by atoms with Gasteiger partial charge in [-0.2, -0.15) is 0 Å². The molecular weight excluding hydrogens is 332 g/mol. The van der Waals surface area contributed by atoms with Crippen LogP contribution >= 0.6 is 0 Å². The lowest BCUT2D eigenvalue weighted by molar-refractivity contribution is 0.104. The van der Waals surface area contributed by atoms with Gasteiger partial charge in [-0.05, 0) is 61.9 Å². The van der Waals surface area contributed by atoms with E-state index in [1.807, 2.05) is 26.0 Å². The van der Waals surface area contributed by atoms with Gasteiger partial charge in [0.05, 0.1) is 11.1 Å². The molecule has 0 radical (unpaired) electrons. The molecule has 4 rings (SSSR count). The average Bonchev–Trinajstić information content (AvgIpc) is 3.06. The van der Waals surface area contributed by atoms with Crippen molar-refractivity contribution < 1.29 is 24.1 Å². The minimum Gasteiger partial charge on any atom is -0.506 e. The molecule has 2 aliphatic rings. The Hall–Kier alpha value is -3.21. The molecule has 0 aliphatic carbocycles. The standard InChI is InChI=1S/C21H18O5/c1-21(2)10-9-15-17(26-21)8-5-14(20(15)23)16(22)6-3-13-4-7-18-19(11-13)25-12-24-18/h3-11,23H,12H2,1-2H3/b6-3+. The van der Waals surface area contributed by atoms with Gasteiger partial charge in [-0.3, -0.25) is 4.79 Å². The molecule has 0 bridgehead atoms. The summed E-state index contributed by atoms with van der Waals surface area (Å²) >= 11 is 0. The summed E-state index contributed by atoms with van der Waals surface area (Å²) in [4.78, 5) is 12.5. The lowest BCUT2D eigenvalue weighted by Crippen LogP contribution is -2.27. The zero-order chi connectivity index (χ0) is 18.3. The minimum absolute atomic E-state index is 0.0745. The third-order valence-electron chi connectivity index (χ3n) is 4.29. The summed E-state index contributed by atoms with van der Waals surface area (Å²) in [7, 11) is 0. The highest BCUT2D eigenvalue weighted by Crippen LogP contribution is 2.38. The van der Waals surface area contributed by atoms with E-state index in [0.717, 1.165) is 5.56 Å². The SMILES string of the molecule is CC1(C)C=Cc2c(ccc(C(=O)/C=C/c3ccc4c(c3)OCO4)c2O)O1. The van der Waals surface area contributed by atoms with Gasteiger partial charge in [0.25, 0.3) is 0 Å². The summed E-state index contributed by atoms with van der Waals surface area (Å²) in [6, 6.07) is 8.73. The summed E-state index contributed by atoms with van der Waals surface area (Å²) in [6.45, 7) is 4.06. The number of aromatic hydroxyl groups is 1. The van der Waals surface area contributed by atoms with E-state index in [4.69, 9.17) is 14.2 Å². The van der Waals surface area contributed by atoms with Crippen LogP contribution in [0.1, 0.15) is 35.3 Å². The molecule has 1 N–H and O–H groups in total. The van der Waals surface area contributed by atoms with Crippen LogP contribution < -0.4 is 14.2 Å². The number of carbonyl (C=O) groups is 1. The van der Waals surface area contributed by atoms with Gasteiger partial charge in [0.1, 0.15) is 17.1 Å². The number of phenols is 1. The van der Waals surface area contributed by atoms with E-state index in [1.165, 1.54) is 6.08 Å². The minimum atomic E-state index is -0.440. The number of phenolic OH excluding ortho intramolecular Hbond substituents is 1. The monoisotopic (exact) mass is 350 g/mol.